The van der Waals surface area contributed by atoms with Crippen LogP contribution in [-0.2, 0) is 17.8 Å². The van der Waals surface area contributed by atoms with Gasteiger partial charge in [0.2, 0.25) is 0 Å². The molecule has 1 aliphatic rings. The Hall–Kier alpha value is -0.910. The third-order valence-electron chi connectivity index (χ3n) is 3.04. The van der Waals surface area contributed by atoms with E-state index in [0.717, 1.165) is 51.6 Å². The maximum absolute atomic E-state index is 5.33. The van der Waals surface area contributed by atoms with Gasteiger partial charge in [-0.15, -0.1) is 0 Å². The molecule has 96 valence electrons. The van der Waals surface area contributed by atoms with Gasteiger partial charge in [0.25, 0.3) is 0 Å². The van der Waals surface area contributed by atoms with Crippen molar-refractivity contribution in [1.29, 1.82) is 0 Å². The van der Waals surface area contributed by atoms with Crippen molar-refractivity contribution in [2.24, 2.45) is 0 Å². The molecule has 17 heavy (non-hydrogen) atoms. The summed E-state index contributed by atoms with van der Waals surface area (Å²) in [5, 5.41) is 3.11. The average molecular weight is 238 g/mol. The van der Waals surface area contributed by atoms with E-state index in [9.17, 15) is 0 Å². The van der Waals surface area contributed by atoms with E-state index >= 15 is 0 Å². The molecule has 1 aromatic heterocycles. The van der Waals surface area contributed by atoms with Crippen LogP contribution in [0.1, 0.15) is 12.1 Å². The van der Waals surface area contributed by atoms with Crippen LogP contribution < -0.4 is 5.32 Å². The predicted molar refractivity (Wildman–Crippen MR) is 66.9 cm³/mol. The summed E-state index contributed by atoms with van der Waals surface area (Å²) in [6.07, 6.45) is 5.22. The molecule has 0 radical (unpaired) electrons. The standard InChI is InChI=1S/C12H22N4O/c1-13-9-12-10-16(11-14-12)4-2-3-15-5-7-17-8-6-15/h10-11,13H,2-9H2,1H3. The summed E-state index contributed by atoms with van der Waals surface area (Å²) in [7, 11) is 1.94. The normalized spacial score (nSPS) is 17.5. The van der Waals surface area contributed by atoms with Crippen LogP contribution in [0.2, 0.25) is 0 Å². The molecule has 1 fully saturated rings. The average Bonchev–Trinajstić information content (AvgIpc) is 2.79. The molecule has 0 spiro atoms. The fourth-order valence-electron chi connectivity index (χ4n) is 2.10. The molecule has 5 nitrogen and oxygen atoms in total. The summed E-state index contributed by atoms with van der Waals surface area (Å²) in [6.45, 7) is 6.98. The smallest absolute Gasteiger partial charge is 0.0949 e. The van der Waals surface area contributed by atoms with E-state index in [0.29, 0.717) is 0 Å². The SMILES string of the molecule is CNCc1cn(CCCN2CCOCC2)cn1. The topological polar surface area (TPSA) is 42.3 Å². The molecule has 2 heterocycles. The molecule has 2 rings (SSSR count). The number of hydrogen-bond donors (Lipinski definition) is 1. The van der Waals surface area contributed by atoms with Crippen molar-refractivity contribution in [3.8, 4) is 0 Å². The first kappa shape index (κ1) is 12.5. The Kier molecular flexibility index (Phi) is 4.97. The minimum Gasteiger partial charge on any atom is -0.379 e. The van der Waals surface area contributed by atoms with E-state index in [1.54, 1.807) is 0 Å². The number of imidazole rings is 1. The van der Waals surface area contributed by atoms with Crippen LogP contribution in [0, 0.1) is 0 Å². The fourth-order valence-corrected chi connectivity index (χ4v) is 2.10. The minimum absolute atomic E-state index is 0.844. The molecular formula is C12H22N4O. The molecule has 1 N–H and O–H groups in total. The van der Waals surface area contributed by atoms with Gasteiger partial charge in [-0.1, -0.05) is 0 Å². The Labute approximate surface area is 103 Å². The lowest BCUT2D eigenvalue weighted by atomic mass is 10.3. The van der Waals surface area contributed by atoms with Crippen molar-refractivity contribution in [2.75, 3.05) is 39.9 Å². The first-order valence-electron chi connectivity index (χ1n) is 6.34. The number of nitrogens with one attached hydrogen (secondary N) is 1. The zero-order valence-electron chi connectivity index (χ0n) is 10.6. The second kappa shape index (κ2) is 6.74. The monoisotopic (exact) mass is 238 g/mol. The van der Waals surface area contributed by atoms with Crippen LogP contribution in [0.4, 0.5) is 0 Å². The van der Waals surface area contributed by atoms with Gasteiger partial charge in [0, 0.05) is 38.9 Å². The van der Waals surface area contributed by atoms with E-state index < -0.39 is 0 Å². The van der Waals surface area contributed by atoms with Gasteiger partial charge in [0.1, 0.15) is 0 Å². The summed E-state index contributed by atoms with van der Waals surface area (Å²) < 4.78 is 7.50. The van der Waals surface area contributed by atoms with Crippen molar-refractivity contribution < 1.29 is 4.74 Å². The quantitative estimate of drug-likeness (QED) is 0.775. The summed E-state index contributed by atoms with van der Waals surface area (Å²) >= 11 is 0. The van der Waals surface area contributed by atoms with Gasteiger partial charge in [-0.05, 0) is 13.5 Å². The fraction of sp³-hybridized carbons (Fsp3) is 0.750. The lowest BCUT2D eigenvalue weighted by molar-refractivity contribution is 0.0369. The number of aryl methyl sites for hydroxylation is 1. The maximum Gasteiger partial charge on any atom is 0.0949 e. The van der Waals surface area contributed by atoms with Gasteiger partial charge in [0.05, 0.1) is 25.2 Å². The summed E-state index contributed by atoms with van der Waals surface area (Å²) in [6, 6.07) is 0. The Balaban J connectivity index is 1.66. The Bertz CT molecular complexity index is 320. The van der Waals surface area contributed by atoms with Gasteiger partial charge in [-0.25, -0.2) is 4.98 Å². The van der Waals surface area contributed by atoms with E-state index in [-0.39, 0.29) is 0 Å². The summed E-state index contributed by atoms with van der Waals surface area (Å²) in [5.41, 5.74) is 1.11. The van der Waals surface area contributed by atoms with Gasteiger partial charge in [0.15, 0.2) is 0 Å². The predicted octanol–water partition coefficient (Wildman–Crippen LogP) is 0.325. The number of rotatable bonds is 6. The molecule has 1 aliphatic heterocycles. The van der Waals surface area contributed by atoms with Gasteiger partial charge >= 0.3 is 0 Å². The van der Waals surface area contributed by atoms with E-state index in [4.69, 9.17) is 4.74 Å². The van der Waals surface area contributed by atoms with Crippen LogP contribution in [0.3, 0.4) is 0 Å². The van der Waals surface area contributed by atoms with Crippen molar-refractivity contribution in [3.05, 3.63) is 18.2 Å². The highest BCUT2D eigenvalue weighted by Gasteiger charge is 2.09. The van der Waals surface area contributed by atoms with Crippen LogP contribution in [-0.4, -0.2) is 54.3 Å². The molecule has 5 heteroatoms. The number of morpholine rings is 1. The van der Waals surface area contributed by atoms with E-state index in [1.165, 1.54) is 6.42 Å². The largest absolute Gasteiger partial charge is 0.379 e. The molecular weight excluding hydrogens is 216 g/mol. The molecule has 0 amide bonds. The van der Waals surface area contributed by atoms with E-state index in [1.807, 2.05) is 13.4 Å². The number of nitrogens with zero attached hydrogens (tertiary/aromatic N) is 3. The first-order chi connectivity index (χ1) is 8.38. The number of hydrogen-bond acceptors (Lipinski definition) is 4. The Morgan fingerprint density at radius 2 is 2.18 bits per heavy atom. The highest BCUT2D eigenvalue weighted by Crippen LogP contribution is 2.01. The van der Waals surface area contributed by atoms with Gasteiger partial charge in [-0.2, -0.15) is 0 Å². The van der Waals surface area contributed by atoms with Crippen LogP contribution in [0.15, 0.2) is 12.5 Å². The minimum atomic E-state index is 0.844. The molecule has 0 aliphatic carbocycles. The zero-order valence-corrected chi connectivity index (χ0v) is 10.6. The van der Waals surface area contributed by atoms with E-state index in [2.05, 4.69) is 26.0 Å². The lowest BCUT2D eigenvalue weighted by Gasteiger charge is -2.26. The lowest BCUT2D eigenvalue weighted by Crippen LogP contribution is -2.37. The summed E-state index contributed by atoms with van der Waals surface area (Å²) in [5.74, 6) is 0. The van der Waals surface area contributed by atoms with Crippen LogP contribution >= 0.6 is 0 Å². The molecule has 1 aromatic rings. The second-order valence-electron chi connectivity index (χ2n) is 4.44. The van der Waals surface area contributed by atoms with Crippen molar-refractivity contribution in [1.82, 2.24) is 19.8 Å². The van der Waals surface area contributed by atoms with Gasteiger partial charge < -0.3 is 14.6 Å². The molecule has 0 saturated carbocycles. The van der Waals surface area contributed by atoms with Crippen LogP contribution in [0.25, 0.3) is 0 Å². The molecule has 1 saturated heterocycles. The molecule has 0 aromatic carbocycles. The van der Waals surface area contributed by atoms with Crippen LogP contribution in [0.5, 0.6) is 0 Å². The number of aromatic nitrogens is 2. The van der Waals surface area contributed by atoms with Crippen molar-refractivity contribution in [2.45, 2.75) is 19.5 Å². The highest BCUT2D eigenvalue weighted by atomic mass is 16.5. The Morgan fingerprint density at radius 3 is 2.94 bits per heavy atom. The highest BCUT2D eigenvalue weighted by molar-refractivity contribution is 4.95. The van der Waals surface area contributed by atoms with Gasteiger partial charge in [-0.3, -0.25) is 4.90 Å². The third kappa shape index (κ3) is 4.11. The Morgan fingerprint density at radius 1 is 1.35 bits per heavy atom. The second-order valence-corrected chi connectivity index (χ2v) is 4.44. The van der Waals surface area contributed by atoms with Crippen molar-refractivity contribution in [3.63, 3.8) is 0 Å². The summed E-state index contributed by atoms with van der Waals surface area (Å²) in [4.78, 5) is 6.81. The molecule has 0 bridgehead atoms. The van der Waals surface area contributed by atoms with Crippen molar-refractivity contribution >= 4 is 0 Å². The maximum atomic E-state index is 5.33. The molecule has 0 atom stereocenters. The zero-order chi connectivity index (χ0) is 11.9. The molecule has 0 unspecified atom stereocenters. The first-order valence-corrected chi connectivity index (χ1v) is 6.34. The number of ether oxygens (including phenoxy) is 1. The third-order valence-corrected chi connectivity index (χ3v) is 3.04.